The van der Waals surface area contributed by atoms with E-state index in [1.807, 2.05) is 61.5 Å². The smallest absolute Gasteiger partial charge is 0.252 e. The van der Waals surface area contributed by atoms with E-state index in [0.717, 1.165) is 11.1 Å². The summed E-state index contributed by atoms with van der Waals surface area (Å²) in [5.41, 5.74) is 3.12. The fourth-order valence-corrected chi connectivity index (χ4v) is 3.32. The van der Waals surface area contributed by atoms with Crippen LogP contribution in [0.3, 0.4) is 0 Å². The van der Waals surface area contributed by atoms with E-state index < -0.39 is 0 Å². The molecule has 0 bridgehead atoms. The third-order valence-electron chi connectivity index (χ3n) is 5.03. The summed E-state index contributed by atoms with van der Waals surface area (Å²) >= 11 is 0. The Morgan fingerprint density at radius 1 is 1.12 bits per heavy atom. The van der Waals surface area contributed by atoms with Gasteiger partial charge in [-0.15, -0.1) is 0 Å². The van der Waals surface area contributed by atoms with Crippen LogP contribution in [0.5, 0.6) is 0 Å². The summed E-state index contributed by atoms with van der Waals surface area (Å²) in [7, 11) is 3.87. The molecule has 0 saturated heterocycles. The minimum atomic E-state index is -0.353. The van der Waals surface area contributed by atoms with Gasteiger partial charge in [-0.25, -0.2) is 9.97 Å². The number of anilines is 2. The molecule has 2 aromatic carbocycles. The summed E-state index contributed by atoms with van der Waals surface area (Å²) in [5.74, 6) is 0.651. The molecule has 0 spiro atoms. The lowest BCUT2D eigenvalue weighted by Gasteiger charge is -2.17. The van der Waals surface area contributed by atoms with E-state index in [-0.39, 0.29) is 18.6 Å². The van der Waals surface area contributed by atoms with Gasteiger partial charge in [-0.05, 0) is 43.9 Å². The molecular weight excluding hydrogens is 432 g/mol. The number of hydrogen-bond donors (Lipinski definition) is 3. The molecule has 0 fully saturated rings. The number of amides is 1. The average molecular weight is 459 g/mol. The van der Waals surface area contributed by atoms with Crippen LogP contribution in [0.15, 0.2) is 77.5 Å². The van der Waals surface area contributed by atoms with Crippen molar-refractivity contribution in [1.82, 2.24) is 19.9 Å². The summed E-state index contributed by atoms with van der Waals surface area (Å²) in [6.45, 7) is 0.575. The van der Waals surface area contributed by atoms with Gasteiger partial charge in [0.25, 0.3) is 5.71 Å². The van der Waals surface area contributed by atoms with Crippen molar-refractivity contribution in [2.45, 2.75) is 6.04 Å². The maximum Gasteiger partial charge on any atom is 0.252 e. The van der Waals surface area contributed by atoms with Gasteiger partial charge < -0.3 is 25.1 Å². The second kappa shape index (κ2) is 10.7. The Kier molecular flexibility index (Phi) is 7.26. The summed E-state index contributed by atoms with van der Waals surface area (Å²) in [4.78, 5) is 27.0. The fraction of sp³-hybridized carbons (Fsp3) is 0.200. The summed E-state index contributed by atoms with van der Waals surface area (Å²) in [6.07, 6.45) is 4.70. The van der Waals surface area contributed by atoms with Crippen LogP contribution in [-0.2, 0) is 4.79 Å². The van der Waals surface area contributed by atoms with E-state index in [1.54, 1.807) is 18.2 Å². The molecule has 4 aromatic rings. The lowest BCUT2D eigenvalue weighted by molar-refractivity contribution is -0.111. The van der Waals surface area contributed by atoms with Gasteiger partial charge in [-0.3, -0.25) is 4.79 Å². The Hall–Kier alpha value is -4.08. The summed E-state index contributed by atoms with van der Waals surface area (Å²) < 4.78 is 5.84. The highest BCUT2D eigenvalue weighted by molar-refractivity contribution is 5.99. The van der Waals surface area contributed by atoms with Crippen molar-refractivity contribution in [2.75, 3.05) is 37.9 Å². The van der Waals surface area contributed by atoms with Crippen LogP contribution >= 0.6 is 0 Å². The molecule has 0 aliphatic carbocycles. The minimum Gasteiger partial charge on any atom is -0.417 e. The number of benzene rings is 2. The third kappa shape index (κ3) is 5.64. The highest BCUT2D eigenvalue weighted by atomic mass is 16.4. The maximum absolute atomic E-state index is 12.0. The first-order chi connectivity index (χ1) is 16.5. The van der Waals surface area contributed by atoms with Gasteiger partial charge in [0.2, 0.25) is 11.8 Å². The molecule has 174 valence electrons. The van der Waals surface area contributed by atoms with Gasteiger partial charge in [0.1, 0.15) is 6.33 Å². The SMILES string of the molecule is CN(C)C/C=C/C(=O)Nc1ccc(-c2nc3c(N[C@H](CO)c4ccccc4)ncnc3o2)cc1. The van der Waals surface area contributed by atoms with Gasteiger partial charge in [0.15, 0.2) is 11.3 Å². The number of likely N-dealkylation sites (N-methyl/N-ethyl adjacent to an activating group) is 1. The van der Waals surface area contributed by atoms with Crippen molar-refractivity contribution in [1.29, 1.82) is 0 Å². The molecule has 2 heterocycles. The topological polar surface area (TPSA) is 116 Å². The largest absolute Gasteiger partial charge is 0.417 e. The quantitative estimate of drug-likeness (QED) is 0.327. The minimum absolute atomic E-state index is 0.113. The van der Waals surface area contributed by atoms with Crippen LogP contribution < -0.4 is 10.6 Å². The number of carbonyl (C=O) groups is 1. The van der Waals surface area contributed by atoms with E-state index in [1.165, 1.54) is 12.4 Å². The molecule has 0 radical (unpaired) electrons. The van der Waals surface area contributed by atoms with Crippen LogP contribution in [0.2, 0.25) is 0 Å². The van der Waals surface area contributed by atoms with Crippen LogP contribution in [0.4, 0.5) is 11.5 Å². The molecule has 9 heteroatoms. The second-order valence-corrected chi connectivity index (χ2v) is 7.92. The number of aromatic nitrogens is 3. The maximum atomic E-state index is 12.0. The fourth-order valence-electron chi connectivity index (χ4n) is 3.32. The first-order valence-electron chi connectivity index (χ1n) is 10.8. The molecule has 0 aliphatic rings. The average Bonchev–Trinajstić information content (AvgIpc) is 3.28. The van der Waals surface area contributed by atoms with Crippen molar-refractivity contribution in [3.63, 3.8) is 0 Å². The zero-order chi connectivity index (χ0) is 23.9. The Labute approximate surface area is 197 Å². The number of rotatable bonds is 9. The Morgan fingerprint density at radius 2 is 1.88 bits per heavy atom. The monoisotopic (exact) mass is 458 g/mol. The number of oxazole rings is 1. The molecule has 0 saturated carbocycles. The molecule has 0 aliphatic heterocycles. The molecule has 1 amide bonds. The molecule has 34 heavy (non-hydrogen) atoms. The standard InChI is InChI=1S/C25H26N6O3/c1-31(2)14-6-9-21(33)28-19-12-10-18(11-13-19)24-30-22-23(26-16-27-25(22)34-24)29-20(15-32)17-7-4-3-5-8-17/h3-13,16,20,32H,14-15H2,1-2H3,(H,28,33)(H,26,27,29)/b9-6+/t20-/m1/s1. The van der Waals surface area contributed by atoms with Crippen LogP contribution in [0.25, 0.3) is 22.7 Å². The second-order valence-electron chi connectivity index (χ2n) is 7.92. The predicted octanol–water partition coefficient (Wildman–Crippen LogP) is 3.49. The number of nitrogens with zero attached hydrogens (tertiary/aromatic N) is 4. The lowest BCUT2D eigenvalue weighted by Crippen LogP contribution is -2.15. The first kappa shape index (κ1) is 23.1. The van der Waals surface area contributed by atoms with Crippen molar-refractivity contribution < 1.29 is 14.3 Å². The molecule has 4 rings (SSSR count). The van der Waals surface area contributed by atoms with Crippen LogP contribution in [0.1, 0.15) is 11.6 Å². The van der Waals surface area contributed by atoms with E-state index in [4.69, 9.17) is 4.42 Å². The predicted molar refractivity (Wildman–Crippen MR) is 131 cm³/mol. The molecule has 0 unspecified atom stereocenters. The zero-order valence-electron chi connectivity index (χ0n) is 19.0. The van der Waals surface area contributed by atoms with E-state index >= 15 is 0 Å². The zero-order valence-corrected chi connectivity index (χ0v) is 19.0. The van der Waals surface area contributed by atoms with E-state index in [9.17, 15) is 9.90 Å². The number of carbonyl (C=O) groups excluding carboxylic acids is 1. The normalized spacial score (nSPS) is 12.4. The van der Waals surface area contributed by atoms with Gasteiger partial charge in [0.05, 0.1) is 12.6 Å². The highest BCUT2D eigenvalue weighted by Crippen LogP contribution is 2.29. The van der Waals surface area contributed by atoms with Gasteiger partial charge in [0, 0.05) is 23.9 Å². The lowest BCUT2D eigenvalue weighted by atomic mass is 10.1. The van der Waals surface area contributed by atoms with Crippen molar-refractivity contribution in [2.24, 2.45) is 0 Å². The number of hydrogen-bond acceptors (Lipinski definition) is 8. The van der Waals surface area contributed by atoms with Gasteiger partial charge >= 0.3 is 0 Å². The van der Waals surface area contributed by atoms with Gasteiger partial charge in [-0.2, -0.15) is 4.98 Å². The molecule has 2 aromatic heterocycles. The van der Waals surface area contributed by atoms with Gasteiger partial charge in [-0.1, -0.05) is 36.4 Å². The number of aliphatic hydroxyl groups excluding tert-OH is 1. The van der Waals surface area contributed by atoms with E-state index in [0.29, 0.717) is 35.2 Å². The van der Waals surface area contributed by atoms with Crippen molar-refractivity contribution >= 4 is 28.6 Å². The number of fused-ring (bicyclic) bond motifs is 1. The summed E-state index contributed by atoms with van der Waals surface area (Å²) in [6, 6.07) is 16.4. The van der Waals surface area contributed by atoms with Crippen LogP contribution in [-0.4, -0.2) is 58.1 Å². The Balaban J connectivity index is 1.51. The Bertz CT molecular complexity index is 1270. The molecule has 9 nitrogen and oxygen atoms in total. The number of aliphatic hydroxyl groups is 1. The highest BCUT2D eigenvalue weighted by Gasteiger charge is 2.17. The Morgan fingerprint density at radius 3 is 2.59 bits per heavy atom. The van der Waals surface area contributed by atoms with Crippen molar-refractivity contribution in [3.05, 3.63) is 78.6 Å². The molecule has 3 N–H and O–H groups in total. The third-order valence-corrected chi connectivity index (χ3v) is 5.03. The summed E-state index contributed by atoms with van der Waals surface area (Å²) in [5, 5.41) is 15.9. The van der Waals surface area contributed by atoms with Crippen molar-refractivity contribution in [3.8, 4) is 11.5 Å². The first-order valence-corrected chi connectivity index (χ1v) is 10.8. The number of nitrogens with one attached hydrogen (secondary N) is 2. The van der Waals surface area contributed by atoms with E-state index in [2.05, 4.69) is 25.6 Å². The van der Waals surface area contributed by atoms with Crippen LogP contribution in [0, 0.1) is 0 Å². The molecule has 1 atom stereocenters. The molecular formula is C25H26N6O3.